The number of benzene rings is 9. The molecule has 6 nitrogen and oxygen atoms in total. The first kappa shape index (κ1) is 52.6. The van der Waals surface area contributed by atoms with E-state index in [1.165, 1.54) is 6.07 Å². The summed E-state index contributed by atoms with van der Waals surface area (Å²) in [5, 5.41) is 3.50. The van der Waals surface area contributed by atoms with Crippen molar-refractivity contribution in [3.8, 4) is 50.7 Å². The standard InChI is InChI=1S/C83H83N4O2.Pt/c1-51(2)63-28-24-29-64(52(3)4)76(63)56-42-60(47-62(43-56)88-61-33-34-67-73(48-61)87(75-39-53(37-38-84-75)49-80(5,6)7)72-36-35-66-65-27-20-23-32-74(65)89-79(66)77(67)72)85-50-86(71-31-22-21-30-70(71)85)78-68(54-25-18-17-19-26-54)45-59(83(14,15)16)46-69(78)55-40-57(81(8,9)10)44-58(41-55)82(11,12)13;/h17-46,50-52H,49H2,1-16H3;/q-3;/i17D,18D,19D,25D,26D,38D,49D2;. The normalized spacial score (nSPS) is 14.6. The SMILES string of the molecule is [2H]c1cc(C([2H])([2H])C(C)(C)C)cc(-n2c3[c-]c(Oc4[c-]c(N5[CH-]N(c6c(-c7cc(C(C)(C)C)cc(C(C)(C)C)c7)cc(C(C)(C)C)cc6-c6c([2H])c([2H])c([2H])c([2H])c6[2H])c6ccccc65)cc(-c5c(C(C)C)cccc5C(C)C)c4)ccc3c3c4oc5ccccc5c4ccc32)n1.[Pt]. The number of hydrogen-bond donors (Lipinski definition) is 0. The first-order chi connectivity index (χ1) is 45.5. The number of aromatic nitrogens is 2. The maximum absolute atomic E-state index is 9.69. The van der Waals surface area contributed by atoms with Crippen LogP contribution in [-0.2, 0) is 43.7 Å². The van der Waals surface area contributed by atoms with Crippen LogP contribution < -0.4 is 14.5 Å². The van der Waals surface area contributed by atoms with Gasteiger partial charge in [0.25, 0.3) is 0 Å². The van der Waals surface area contributed by atoms with E-state index in [0.717, 1.165) is 94.1 Å². The molecule has 0 saturated carbocycles. The number of rotatable bonds is 11. The number of fused-ring (bicyclic) bond motifs is 8. The Bertz CT molecular complexity index is 5110. The van der Waals surface area contributed by atoms with Crippen molar-refractivity contribution in [1.82, 2.24) is 9.55 Å². The predicted molar refractivity (Wildman–Crippen MR) is 375 cm³/mol. The van der Waals surface area contributed by atoms with Crippen LogP contribution in [0.5, 0.6) is 11.5 Å². The predicted octanol–water partition coefficient (Wildman–Crippen LogP) is 23.6. The maximum atomic E-state index is 9.69. The van der Waals surface area contributed by atoms with Gasteiger partial charge in [0.15, 0.2) is 0 Å². The van der Waals surface area contributed by atoms with Crippen LogP contribution in [0.1, 0.15) is 167 Å². The molecule has 0 N–H and O–H groups in total. The summed E-state index contributed by atoms with van der Waals surface area (Å²) in [6.07, 6.45) is -1.92. The molecule has 90 heavy (non-hydrogen) atoms. The van der Waals surface area contributed by atoms with Crippen LogP contribution in [0.2, 0.25) is 0 Å². The smallest absolute Gasteiger partial charge is 0.135 e. The molecule has 0 bridgehead atoms. The summed E-state index contributed by atoms with van der Waals surface area (Å²) in [6, 6.07) is 54.6. The van der Waals surface area contributed by atoms with Crippen molar-refractivity contribution in [3.63, 3.8) is 0 Å². The minimum absolute atomic E-state index is 0. The Balaban J connectivity index is 0.00000914. The Morgan fingerprint density at radius 1 is 0.578 bits per heavy atom. The molecule has 0 aliphatic carbocycles. The van der Waals surface area contributed by atoms with E-state index in [9.17, 15) is 5.48 Å². The van der Waals surface area contributed by atoms with E-state index in [4.69, 9.17) is 19.6 Å². The molecule has 13 rings (SSSR count). The molecule has 4 heterocycles. The zero-order valence-electron chi connectivity index (χ0n) is 62.5. The van der Waals surface area contributed by atoms with Gasteiger partial charge in [0.1, 0.15) is 17.0 Å². The van der Waals surface area contributed by atoms with Crippen molar-refractivity contribution in [2.75, 3.05) is 9.80 Å². The van der Waals surface area contributed by atoms with Crippen LogP contribution in [0.3, 0.4) is 0 Å². The van der Waals surface area contributed by atoms with E-state index >= 15 is 0 Å². The molecule has 0 radical (unpaired) electrons. The number of ether oxygens (including phenoxy) is 1. The van der Waals surface area contributed by atoms with Crippen molar-refractivity contribution in [2.45, 2.75) is 145 Å². The zero-order valence-corrected chi connectivity index (χ0v) is 56.8. The molecule has 7 heteroatoms. The summed E-state index contributed by atoms with van der Waals surface area (Å²) in [4.78, 5) is 9.04. The third-order valence-electron chi connectivity index (χ3n) is 17.2. The van der Waals surface area contributed by atoms with Crippen molar-refractivity contribution < 1.29 is 41.2 Å². The maximum Gasteiger partial charge on any atom is 0.135 e. The van der Waals surface area contributed by atoms with Crippen molar-refractivity contribution >= 4 is 66.5 Å². The first-order valence-electron chi connectivity index (χ1n) is 35.1. The minimum atomic E-state index is -1.84. The summed E-state index contributed by atoms with van der Waals surface area (Å²) < 4.78 is 90.2. The van der Waals surface area contributed by atoms with Crippen LogP contribution >= 0.6 is 0 Å². The number of anilines is 4. The van der Waals surface area contributed by atoms with Gasteiger partial charge in [-0.05, 0) is 150 Å². The van der Waals surface area contributed by atoms with E-state index in [0.29, 0.717) is 50.9 Å². The van der Waals surface area contributed by atoms with Gasteiger partial charge < -0.3 is 23.5 Å². The van der Waals surface area contributed by atoms with Crippen LogP contribution in [0.4, 0.5) is 22.7 Å². The molecule has 460 valence electrons. The molecule has 0 unspecified atom stereocenters. The Morgan fingerprint density at radius 2 is 1.19 bits per heavy atom. The fourth-order valence-electron chi connectivity index (χ4n) is 12.6. The third-order valence-corrected chi connectivity index (χ3v) is 17.2. The molecule has 1 aliphatic heterocycles. The Morgan fingerprint density at radius 3 is 1.83 bits per heavy atom. The van der Waals surface area contributed by atoms with E-state index in [-0.39, 0.29) is 67.6 Å². The van der Waals surface area contributed by atoms with E-state index in [1.54, 1.807) is 6.07 Å². The molecular formula is C83H83N4O2Pt-3. The van der Waals surface area contributed by atoms with Gasteiger partial charge in [0, 0.05) is 86.0 Å². The molecule has 0 spiro atoms. The van der Waals surface area contributed by atoms with Crippen molar-refractivity contribution in [2.24, 2.45) is 5.41 Å². The molecule has 0 fully saturated rings. The van der Waals surface area contributed by atoms with E-state index in [1.807, 2.05) is 105 Å². The van der Waals surface area contributed by atoms with Gasteiger partial charge in [-0.25, -0.2) is 4.98 Å². The van der Waals surface area contributed by atoms with Crippen LogP contribution in [-0.4, -0.2) is 9.55 Å². The van der Waals surface area contributed by atoms with Crippen LogP contribution in [0.15, 0.2) is 186 Å². The van der Waals surface area contributed by atoms with Crippen molar-refractivity contribution in [1.29, 1.82) is 0 Å². The molecule has 0 saturated heterocycles. The van der Waals surface area contributed by atoms with Gasteiger partial charge in [-0.3, -0.25) is 0 Å². The monoisotopic (exact) mass is 1370 g/mol. The Kier molecular flexibility index (Phi) is 13.6. The Labute approximate surface area is 559 Å². The second-order valence-corrected chi connectivity index (χ2v) is 28.7. The van der Waals surface area contributed by atoms with Gasteiger partial charge in [0.05, 0.1) is 8.22 Å². The second kappa shape index (κ2) is 23.2. The first-order valence-corrected chi connectivity index (χ1v) is 31.1. The molecule has 1 aliphatic rings. The molecule has 12 aromatic rings. The zero-order chi connectivity index (χ0) is 69.7. The average Bonchev–Trinajstić information content (AvgIpc) is 1.49. The van der Waals surface area contributed by atoms with Gasteiger partial charge in [-0.2, -0.15) is 6.07 Å². The fourth-order valence-corrected chi connectivity index (χ4v) is 12.6. The van der Waals surface area contributed by atoms with Crippen molar-refractivity contribution in [3.05, 3.63) is 234 Å². The molecule has 0 amide bonds. The quantitative estimate of drug-likeness (QED) is 0.121. The average molecular weight is 1370 g/mol. The summed E-state index contributed by atoms with van der Waals surface area (Å²) in [6.45, 7) is 36.2. The van der Waals surface area contributed by atoms with Crippen LogP contribution in [0.25, 0.3) is 82.9 Å². The largest absolute Gasteiger partial charge is 0.509 e. The van der Waals surface area contributed by atoms with E-state index in [2.05, 4.69) is 173 Å². The number of para-hydroxylation sites is 3. The summed E-state index contributed by atoms with van der Waals surface area (Å²) in [7, 11) is 0. The summed E-state index contributed by atoms with van der Waals surface area (Å²) in [5.74, 6) is 1.36. The molecule has 0 atom stereocenters. The number of furan rings is 1. The third kappa shape index (κ3) is 11.6. The summed E-state index contributed by atoms with van der Waals surface area (Å²) in [5.41, 5.74) is 13.9. The number of nitrogens with zero attached hydrogens (tertiary/aromatic N) is 4. The minimum Gasteiger partial charge on any atom is -0.509 e. The summed E-state index contributed by atoms with van der Waals surface area (Å²) >= 11 is 0. The molecular weight excluding hydrogens is 1280 g/mol. The van der Waals surface area contributed by atoms with Gasteiger partial charge in [-0.1, -0.05) is 219 Å². The van der Waals surface area contributed by atoms with E-state index < -0.39 is 35.3 Å². The molecule has 9 aromatic carbocycles. The molecule has 3 aromatic heterocycles. The second-order valence-electron chi connectivity index (χ2n) is 28.7. The Hall–Kier alpha value is -8.18. The number of hydrogen-bond acceptors (Lipinski definition) is 5. The van der Waals surface area contributed by atoms with Crippen LogP contribution in [0, 0.1) is 24.2 Å². The van der Waals surface area contributed by atoms with Gasteiger partial charge in [-0.15, -0.1) is 48.3 Å². The van der Waals surface area contributed by atoms with Gasteiger partial charge >= 0.3 is 0 Å². The fraction of sp³-hybridized carbons (Fsp3) is 0.277. The number of pyridine rings is 1. The topological polar surface area (TPSA) is 46.7 Å². The van der Waals surface area contributed by atoms with Gasteiger partial charge in [0.2, 0.25) is 0 Å².